The van der Waals surface area contributed by atoms with Crippen molar-refractivity contribution in [3.8, 4) is 0 Å². The summed E-state index contributed by atoms with van der Waals surface area (Å²) in [7, 11) is 3.83. The summed E-state index contributed by atoms with van der Waals surface area (Å²) in [5, 5.41) is 3.35. The van der Waals surface area contributed by atoms with Crippen LogP contribution >= 0.6 is 0 Å². The summed E-state index contributed by atoms with van der Waals surface area (Å²) in [5.74, 6) is -0.816. The molecular weight excluding hydrogens is 440 g/mol. The monoisotopic (exact) mass is 483 g/mol. The minimum Gasteiger partial charge on any atom is -0.355 e. The molecule has 194 valence electrons. The lowest BCUT2D eigenvalue weighted by atomic mass is 10.1. The summed E-state index contributed by atoms with van der Waals surface area (Å²) in [5.41, 5.74) is 0. The Morgan fingerprint density at radius 2 is 1.56 bits per heavy atom. The van der Waals surface area contributed by atoms with Crippen LogP contribution in [0.3, 0.4) is 0 Å². The van der Waals surface area contributed by atoms with Crippen molar-refractivity contribution in [3.63, 3.8) is 0 Å². The van der Waals surface area contributed by atoms with Gasteiger partial charge in [0, 0.05) is 57.7 Å². The van der Waals surface area contributed by atoms with Gasteiger partial charge in [0.25, 0.3) is 11.8 Å². The van der Waals surface area contributed by atoms with Crippen LogP contribution < -0.4 is 5.32 Å². The molecule has 10 nitrogen and oxygen atoms in total. The smallest absolute Gasteiger partial charge is 0.333 e. The average molecular weight is 484 g/mol. The number of quaternary nitrogens is 1. The average Bonchev–Trinajstić information content (AvgIpc) is 3.03. The topological polar surface area (TPSA) is 113 Å². The lowest BCUT2D eigenvalue weighted by Crippen LogP contribution is -2.50. The first kappa shape index (κ1) is 29.5. The number of carbonyl (C=O) groups is 5. The van der Waals surface area contributed by atoms with E-state index in [2.05, 4.69) is 40.1 Å². The zero-order valence-electron chi connectivity index (χ0n) is 21.7. The molecule has 0 radical (unpaired) electrons. The maximum Gasteiger partial charge on any atom is 0.333 e. The fraction of sp³-hybridized carbons (Fsp3) is 0.792. The van der Waals surface area contributed by atoms with Crippen LogP contribution in [0.4, 0.5) is 0 Å². The molecule has 0 unspecified atom stereocenters. The molecule has 4 amide bonds. The molecular formula is C24H43N4O6+. The summed E-state index contributed by atoms with van der Waals surface area (Å²) in [6.45, 7) is 12.2. The minimum absolute atomic E-state index is 0.0187. The van der Waals surface area contributed by atoms with Gasteiger partial charge in [0.05, 0.1) is 33.1 Å². The van der Waals surface area contributed by atoms with Crippen molar-refractivity contribution in [3.05, 3.63) is 0 Å². The van der Waals surface area contributed by atoms with Gasteiger partial charge in [-0.25, -0.2) is 4.79 Å². The van der Waals surface area contributed by atoms with Gasteiger partial charge in [-0.3, -0.25) is 19.2 Å². The Kier molecular flexibility index (Phi) is 12.2. The Labute approximate surface area is 203 Å². The van der Waals surface area contributed by atoms with Crippen LogP contribution in [0.5, 0.6) is 0 Å². The second kappa shape index (κ2) is 14.0. The number of carbonyl (C=O) groups excluding carboxylic acids is 5. The summed E-state index contributed by atoms with van der Waals surface area (Å²) in [4.78, 5) is 65.6. The van der Waals surface area contributed by atoms with Crippen molar-refractivity contribution < 1.29 is 33.3 Å². The fourth-order valence-electron chi connectivity index (χ4n) is 4.37. The molecule has 1 fully saturated rings. The fourth-order valence-corrected chi connectivity index (χ4v) is 4.37. The van der Waals surface area contributed by atoms with Crippen molar-refractivity contribution in [1.29, 1.82) is 0 Å². The van der Waals surface area contributed by atoms with Crippen LogP contribution in [0, 0.1) is 11.8 Å². The summed E-state index contributed by atoms with van der Waals surface area (Å²) in [6.07, 6.45) is 1.02. The second-order valence-corrected chi connectivity index (χ2v) is 10.3. The van der Waals surface area contributed by atoms with Crippen LogP contribution in [0.15, 0.2) is 0 Å². The van der Waals surface area contributed by atoms with E-state index in [1.165, 1.54) is 4.90 Å². The first-order chi connectivity index (χ1) is 15.8. The van der Waals surface area contributed by atoms with E-state index in [9.17, 15) is 24.0 Å². The molecule has 1 aliphatic rings. The zero-order chi connectivity index (χ0) is 25.9. The van der Waals surface area contributed by atoms with E-state index in [0.717, 1.165) is 24.1 Å². The lowest BCUT2D eigenvalue weighted by Gasteiger charge is -2.37. The van der Waals surface area contributed by atoms with E-state index in [-0.39, 0.29) is 44.0 Å². The molecule has 0 aliphatic carbocycles. The van der Waals surface area contributed by atoms with Crippen LogP contribution in [0.25, 0.3) is 0 Å². The molecule has 10 heteroatoms. The van der Waals surface area contributed by atoms with Crippen LogP contribution in [-0.2, 0) is 28.8 Å². The number of hydroxylamine groups is 2. The van der Waals surface area contributed by atoms with E-state index in [1.54, 1.807) is 7.05 Å². The molecule has 0 spiro atoms. The maximum absolute atomic E-state index is 12.3. The van der Waals surface area contributed by atoms with Gasteiger partial charge in [-0.15, -0.1) is 5.06 Å². The minimum atomic E-state index is -0.683. The maximum atomic E-state index is 12.3. The zero-order valence-corrected chi connectivity index (χ0v) is 21.7. The Morgan fingerprint density at radius 1 is 1.00 bits per heavy atom. The first-order valence-electron chi connectivity index (χ1n) is 12.2. The van der Waals surface area contributed by atoms with Crippen LogP contribution in [0.1, 0.15) is 66.2 Å². The van der Waals surface area contributed by atoms with E-state index in [0.29, 0.717) is 36.3 Å². The number of imide groups is 1. The Balaban J connectivity index is 2.27. The van der Waals surface area contributed by atoms with Gasteiger partial charge in [0.15, 0.2) is 0 Å². The van der Waals surface area contributed by atoms with Gasteiger partial charge in [-0.05, 0) is 6.42 Å². The van der Waals surface area contributed by atoms with Gasteiger partial charge in [-0.2, -0.15) is 0 Å². The molecule has 0 aromatic rings. The molecule has 1 N–H and O–H groups in total. The first-order valence-corrected chi connectivity index (χ1v) is 12.2. The molecule has 0 atom stereocenters. The predicted octanol–water partition coefficient (Wildman–Crippen LogP) is 1.49. The van der Waals surface area contributed by atoms with Gasteiger partial charge in [0.1, 0.15) is 0 Å². The Hall–Kier alpha value is -2.49. The highest BCUT2D eigenvalue weighted by Gasteiger charge is 2.32. The summed E-state index contributed by atoms with van der Waals surface area (Å²) >= 11 is 0. The third-order valence-electron chi connectivity index (χ3n) is 5.65. The highest BCUT2D eigenvalue weighted by molar-refractivity contribution is 6.01. The number of nitrogens with one attached hydrogen (secondary N) is 1. The molecule has 1 aliphatic heterocycles. The third kappa shape index (κ3) is 11.1. The largest absolute Gasteiger partial charge is 0.355 e. The SMILES string of the molecule is CC(C)C[N+](C)(CCC(=O)NCCC(=O)N(C)CCCC(=O)ON1C(=O)CCC1=O)CC(C)C. The number of nitrogens with zero attached hydrogens (tertiary/aromatic N) is 3. The number of hydrogen-bond donors (Lipinski definition) is 1. The molecule has 1 rings (SSSR count). The summed E-state index contributed by atoms with van der Waals surface area (Å²) < 4.78 is 0.854. The molecule has 0 bridgehead atoms. The standard InChI is InChI=1S/C24H42N4O6/c1-18(2)16-28(6,17-19(3)4)15-12-20(29)25-13-11-21(30)26(5)14-7-8-24(33)34-27-22(31)9-10-23(27)32/h18-19H,7-17H2,1-6H3/p+1. The number of hydrogen-bond acceptors (Lipinski definition) is 6. The highest BCUT2D eigenvalue weighted by Crippen LogP contribution is 2.14. The quantitative estimate of drug-likeness (QED) is 0.279. The van der Waals surface area contributed by atoms with E-state index in [4.69, 9.17) is 4.84 Å². The lowest BCUT2D eigenvalue weighted by molar-refractivity contribution is -0.914. The van der Waals surface area contributed by atoms with Gasteiger partial charge >= 0.3 is 5.97 Å². The normalized spacial score (nSPS) is 14.2. The Morgan fingerprint density at radius 3 is 2.09 bits per heavy atom. The van der Waals surface area contributed by atoms with Crippen molar-refractivity contribution in [1.82, 2.24) is 15.3 Å². The van der Waals surface area contributed by atoms with E-state index in [1.807, 2.05) is 0 Å². The second-order valence-electron chi connectivity index (χ2n) is 10.3. The molecule has 1 saturated heterocycles. The van der Waals surface area contributed by atoms with Crippen molar-refractivity contribution in [2.75, 3.05) is 46.8 Å². The molecule has 0 aromatic heterocycles. The highest BCUT2D eigenvalue weighted by atomic mass is 16.7. The van der Waals surface area contributed by atoms with Gasteiger partial charge in [-0.1, -0.05) is 27.7 Å². The molecule has 1 heterocycles. The predicted molar refractivity (Wildman–Crippen MR) is 127 cm³/mol. The van der Waals surface area contributed by atoms with E-state index >= 15 is 0 Å². The number of rotatable bonds is 15. The van der Waals surface area contributed by atoms with Crippen LogP contribution in [0.2, 0.25) is 0 Å². The van der Waals surface area contributed by atoms with Crippen molar-refractivity contribution in [2.24, 2.45) is 11.8 Å². The van der Waals surface area contributed by atoms with Gasteiger partial charge < -0.3 is 19.5 Å². The third-order valence-corrected chi connectivity index (χ3v) is 5.65. The van der Waals surface area contributed by atoms with Crippen LogP contribution in [-0.4, -0.2) is 90.9 Å². The molecule has 34 heavy (non-hydrogen) atoms. The Bertz CT molecular complexity index is 711. The summed E-state index contributed by atoms with van der Waals surface area (Å²) in [6, 6.07) is 0. The van der Waals surface area contributed by atoms with Gasteiger partial charge in [0.2, 0.25) is 11.8 Å². The van der Waals surface area contributed by atoms with Crippen molar-refractivity contribution >= 4 is 29.6 Å². The molecule has 0 saturated carbocycles. The molecule has 0 aromatic carbocycles. The van der Waals surface area contributed by atoms with E-state index < -0.39 is 17.8 Å². The van der Waals surface area contributed by atoms with Crippen molar-refractivity contribution in [2.45, 2.75) is 66.2 Å². The number of amides is 4.